The molecule has 0 aliphatic carbocycles. The normalized spacial score (nSPS) is 17.8. The van der Waals surface area contributed by atoms with Crippen molar-refractivity contribution in [3.05, 3.63) is 101 Å². The number of benzene rings is 3. The Morgan fingerprint density at radius 3 is 2.25 bits per heavy atom. The zero-order valence-corrected chi connectivity index (χ0v) is 18.3. The highest BCUT2D eigenvalue weighted by Gasteiger charge is 2.57. The lowest BCUT2D eigenvalue weighted by Crippen LogP contribution is -2.58. The Morgan fingerprint density at radius 1 is 0.906 bits per heavy atom. The smallest absolute Gasteiger partial charge is 0.325 e. The number of esters is 1. The number of nitrogens with zero attached hydrogens (tertiary/aromatic N) is 1. The Kier molecular flexibility index (Phi) is 6.10. The van der Waals surface area contributed by atoms with Crippen LogP contribution in [0.1, 0.15) is 23.6 Å². The van der Waals surface area contributed by atoms with Gasteiger partial charge in [0.05, 0.1) is 13.2 Å². The third-order valence-electron chi connectivity index (χ3n) is 5.67. The highest BCUT2D eigenvalue weighted by atomic mass is 35.5. The summed E-state index contributed by atoms with van der Waals surface area (Å²) in [4.78, 5) is 41.9. The summed E-state index contributed by atoms with van der Waals surface area (Å²) in [6, 6.07) is 23.3. The molecule has 4 rings (SSSR count). The molecule has 0 aromatic heterocycles. The number of Topliss-reactive ketones (excluding diaryl/α,β-unsaturated/α-hetero) is 1. The lowest BCUT2D eigenvalue weighted by Gasteiger charge is -2.39. The van der Waals surface area contributed by atoms with Crippen LogP contribution in [0.5, 0.6) is 0 Å². The van der Waals surface area contributed by atoms with E-state index in [2.05, 4.69) is 0 Å². The molecule has 6 heteroatoms. The van der Waals surface area contributed by atoms with Crippen LogP contribution in [-0.4, -0.2) is 24.3 Å². The number of ketones is 1. The maximum atomic E-state index is 13.7. The van der Waals surface area contributed by atoms with Gasteiger partial charge in [-0.05, 0) is 36.2 Å². The fourth-order valence-corrected chi connectivity index (χ4v) is 4.27. The average molecular weight is 448 g/mol. The highest BCUT2D eigenvalue weighted by molar-refractivity contribution is 6.50. The topological polar surface area (TPSA) is 63.7 Å². The first-order chi connectivity index (χ1) is 15.5. The average Bonchev–Trinajstić information content (AvgIpc) is 2.81. The molecular formula is C26H22ClNO4. The van der Waals surface area contributed by atoms with Gasteiger partial charge in [-0.15, -0.1) is 0 Å². The van der Waals surface area contributed by atoms with E-state index in [4.69, 9.17) is 16.3 Å². The van der Waals surface area contributed by atoms with Crippen molar-refractivity contribution in [2.24, 2.45) is 0 Å². The van der Waals surface area contributed by atoms with Crippen LogP contribution in [0.3, 0.4) is 0 Å². The Bertz CT molecular complexity index is 1160. The lowest BCUT2D eigenvalue weighted by molar-refractivity contribution is -0.157. The van der Waals surface area contributed by atoms with Crippen molar-refractivity contribution in [2.45, 2.75) is 25.3 Å². The van der Waals surface area contributed by atoms with Gasteiger partial charge in [0.25, 0.3) is 5.91 Å². The molecule has 32 heavy (non-hydrogen) atoms. The minimum atomic E-state index is -1.76. The molecule has 0 bridgehead atoms. The van der Waals surface area contributed by atoms with E-state index in [1.165, 1.54) is 4.90 Å². The van der Waals surface area contributed by atoms with Crippen molar-refractivity contribution in [2.75, 3.05) is 11.5 Å². The van der Waals surface area contributed by atoms with E-state index in [0.717, 1.165) is 5.56 Å². The van der Waals surface area contributed by atoms with Crippen molar-refractivity contribution >= 4 is 34.9 Å². The summed E-state index contributed by atoms with van der Waals surface area (Å²) in [5.74, 6) is -2.24. The van der Waals surface area contributed by atoms with E-state index >= 15 is 0 Å². The summed E-state index contributed by atoms with van der Waals surface area (Å²) < 4.78 is 5.35. The van der Waals surface area contributed by atoms with E-state index in [1.54, 1.807) is 55.5 Å². The monoisotopic (exact) mass is 447 g/mol. The van der Waals surface area contributed by atoms with Crippen LogP contribution >= 0.6 is 11.6 Å². The molecular weight excluding hydrogens is 426 g/mol. The van der Waals surface area contributed by atoms with E-state index in [9.17, 15) is 14.4 Å². The number of carbonyl (C=O) groups is 3. The Morgan fingerprint density at radius 2 is 1.56 bits per heavy atom. The Labute approximate surface area is 191 Å². The lowest BCUT2D eigenvalue weighted by atomic mass is 9.69. The van der Waals surface area contributed by atoms with Crippen LogP contribution in [0.2, 0.25) is 5.02 Å². The van der Waals surface area contributed by atoms with Gasteiger partial charge in [0.15, 0.2) is 5.41 Å². The molecule has 3 aromatic carbocycles. The first-order valence-electron chi connectivity index (χ1n) is 10.4. The maximum absolute atomic E-state index is 13.7. The SMILES string of the molecule is CCOC(=O)[C@]1(Cc2ccc(Cl)cc2)C(=O)C(=O)N(Cc2ccccc2)c2ccccc21. The van der Waals surface area contributed by atoms with Crippen LogP contribution < -0.4 is 4.90 Å². The number of hydrogen-bond donors (Lipinski definition) is 0. The second-order valence-electron chi connectivity index (χ2n) is 7.65. The van der Waals surface area contributed by atoms with Crippen LogP contribution in [0.15, 0.2) is 78.9 Å². The first-order valence-corrected chi connectivity index (χ1v) is 10.8. The van der Waals surface area contributed by atoms with Crippen molar-refractivity contribution in [3.63, 3.8) is 0 Å². The number of ether oxygens (including phenoxy) is 1. The van der Waals surface area contributed by atoms with Gasteiger partial charge in [-0.25, -0.2) is 0 Å². The third-order valence-corrected chi connectivity index (χ3v) is 5.92. The Hall–Kier alpha value is -3.44. The number of para-hydroxylation sites is 1. The summed E-state index contributed by atoms with van der Waals surface area (Å²) in [5.41, 5.74) is 0.821. The summed E-state index contributed by atoms with van der Waals surface area (Å²) in [6.07, 6.45) is 0.00374. The third kappa shape index (κ3) is 3.80. The molecule has 0 radical (unpaired) electrons. The van der Waals surface area contributed by atoms with Crippen molar-refractivity contribution in [1.29, 1.82) is 0 Å². The molecule has 0 fully saturated rings. The molecule has 1 heterocycles. The molecule has 0 unspecified atom stereocenters. The van der Waals surface area contributed by atoms with Crippen LogP contribution in [-0.2, 0) is 37.5 Å². The van der Waals surface area contributed by atoms with Gasteiger partial charge in [0, 0.05) is 22.7 Å². The van der Waals surface area contributed by atoms with Gasteiger partial charge >= 0.3 is 5.97 Å². The number of halogens is 1. The molecule has 1 aliphatic heterocycles. The van der Waals surface area contributed by atoms with Gasteiger partial charge < -0.3 is 9.64 Å². The van der Waals surface area contributed by atoms with E-state index in [1.807, 2.05) is 30.3 Å². The van der Waals surface area contributed by atoms with E-state index in [0.29, 0.717) is 21.8 Å². The predicted molar refractivity (Wildman–Crippen MR) is 123 cm³/mol. The second-order valence-corrected chi connectivity index (χ2v) is 8.09. The number of fused-ring (bicyclic) bond motifs is 1. The van der Waals surface area contributed by atoms with Crippen LogP contribution in [0, 0.1) is 0 Å². The molecule has 3 aromatic rings. The van der Waals surface area contributed by atoms with Crippen LogP contribution in [0.4, 0.5) is 5.69 Å². The zero-order chi connectivity index (χ0) is 22.7. The number of carbonyl (C=O) groups excluding carboxylic acids is 3. The Balaban J connectivity index is 1.87. The van der Waals surface area contributed by atoms with Crippen LogP contribution in [0.25, 0.3) is 0 Å². The highest BCUT2D eigenvalue weighted by Crippen LogP contribution is 2.42. The predicted octanol–water partition coefficient (Wildman–Crippen LogP) is 4.50. The standard InChI is InChI=1S/C26H22ClNO4/c1-2-32-25(31)26(16-18-12-14-20(27)15-13-18)21-10-6-7-11-22(21)28(24(30)23(26)29)17-19-8-4-3-5-9-19/h3-15H,2,16-17H2,1H3/t26-/m0/s1. The largest absolute Gasteiger partial charge is 0.465 e. The molecule has 1 amide bonds. The molecule has 1 atom stereocenters. The van der Waals surface area contributed by atoms with Crippen molar-refractivity contribution in [3.8, 4) is 0 Å². The molecule has 0 saturated heterocycles. The van der Waals surface area contributed by atoms with E-state index < -0.39 is 23.1 Å². The van der Waals surface area contributed by atoms with Gasteiger partial charge in [-0.2, -0.15) is 0 Å². The molecule has 162 valence electrons. The van der Waals surface area contributed by atoms with Gasteiger partial charge in [0.1, 0.15) is 0 Å². The fourth-order valence-electron chi connectivity index (χ4n) is 4.14. The number of rotatable bonds is 6. The van der Waals surface area contributed by atoms with Gasteiger partial charge in [0.2, 0.25) is 5.78 Å². The molecule has 0 spiro atoms. The second kappa shape index (κ2) is 8.97. The van der Waals surface area contributed by atoms with Crippen molar-refractivity contribution < 1.29 is 19.1 Å². The minimum absolute atomic E-state index is 0.00374. The maximum Gasteiger partial charge on any atom is 0.325 e. The number of hydrogen-bond acceptors (Lipinski definition) is 4. The first kappa shape index (κ1) is 21.8. The minimum Gasteiger partial charge on any atom is -0.465 e. The fraction of sp³-hybridized carbons (Fsp3) is 0.192. The quantitative estimate of drug-likeness (QED) is 0.317. The molecule has 1 aliphatic rings. The molecule has 0 N–H and O–H groups in total. The summed E-state index contributed by atoms with van der Waals surface area (Å²) in [5, 5.41) is 0.541. The van der Waals surface area contributed by atoms with Crippen molar-refractivity contribution in [1.82, 2.24) is 0 Å². The number of anilines is 1. The summed E-state index contributed by atoms with van der Waals surface area (Å²) in [7, 11) is 0. The van der Waals surface area contributed by atoms with Gasteiger partial charge in [-0.1, -0.05) is 72.3 Å². The summed E-state index contributed by atoms with van der Waals surface area (Å²) >= 11 is 6.01. The summed E-state index contributed by atoms with van der Waals surface area (Å²) in [6.45, 7) is 2.00. The molecule has 0 saturated carbocycles. The van der Waals surface area contributed by atoms with E-state index in [-0.39, 0.29) is 19.6 Å². The molecule has 5 nitrogen and oxygen atoms in total. The zero-order valence-electron chi connectivity index (χ0n) is 17.6. The number of amides is 1. The van der Waals surface area contributed by atoms with Gasteiger partial charge in [-0.3, -0.25) is 14.4 Å².